The summed E-state index contributed by atoms with van der Waals surface area (Å²) in [5.41, 5.74) is 7.50. The number of aromatic nitrogens is 5. The molecule has 26 heavy (non-hydrogen) atoms. The number of rotatable bonds is 4. The van der Waals surface area contributed by atoms with Crippen molar-refractivity contribution in [2.75, 3.05) is 18.8 Å². The first-order valence-electron chi connectivity index (χ1n) is 8.80. The average molecular weight is 354 g/mol. The fourth-order valence-corrected chi connectivity index (χ4v) is 3.45. The second kappa shape index (κ2) is 7.03. The number of H-pyrrole nitrogens is 2. The summed E-state index contributed by atoms with van der Waals surface area (Å²) in [5, 5.41) is 9.30. The Morgan fingerprint density at radius 3 is 3.00 bits per heavy atom. The number of anilines is 1. The molecular weight excluding hydrogens is 332 g/mol. The fraction of sp³-hybridized carbons (Fsp3) is 0.412. The quantitative estimate of drug-likeness (QED) is 0.563. The number of hydrogen-bond donors (Lipinski definition) is 4. The maximum atomic E-state index is 12.4. The number of nitrogens with one attached hydrogen (secondary N) is 3. The van der Waals surface area contributed by atoms with E-state index in [4.69, 9.17) is 5.73 Å². The molecular formula is C17H22N8O. The van der Waals surface area contributed by atoms with Crippen molar-refractivity contribution in [2.45, 2.75) is 25.8 Å². The number of imidazole rings is 1. The zero-order valence-corrected chi connectivity index (χ0v) is 14.4. The first-order valence-corrected chi connectivity index (χ1v) is 8.80. The Morgan fingerprint density at radius 2 is 2.19 bits per heavy atom. The molecule has 0 spiro atoms. The summed E-state index contributed by atoms with van der Waals surface area (Å²) >= 11 is 0. The second-order valence-electron chi connectivity index (χ2n) is 6.66. The van der Waals surface area contributed by atoms with Gasteiger partial charge < -0.3 is 20.9 Å². The van der Waals surface area contributed by atoms with E-state index in [0.29, 0.717) is 11.7 Å². The number of aromatic amines is 2. The molecule has 5 N–H and O–H groups in total. The van der Waals surface area contributed by atoms with Gasteiger partial charge in [-0.2, -0.15) is 4.98 Å². The van der Waals surface area contributed by atoms with Gasteiger partial charge in [0.05, 0.1) is 17.6 Å². The molecule has 1 aliphatic rings. The molecule has 0 bridgehead atoms. The predicted octanol–water partition coefficient (Wildman–Crippen LogP) is 1.43. The van der Waals surface area contributed by atoms with Crippen LogP contribution in [-0.2, 0) is 13.0 Å². The van der Waals surface area contributed by atoms with Crippen molar-refractivity contribution in [3.63, 3.8) is 0 Å². The molecule has 1 aromatic carbocycles. The third kappa shape index (κ3) is 3.61. The molecule has 3 aromatic rings. The molecule has 9 nitrogen and oxygen atoms in total. The molecule has 3 heterocycles. The van der Waals surface area contributed by atoms with E-state index in [2.05, 4.69) is 30.5 Å². The smallest absolute Gasteiger partial charge is 0.317 e. The minimum Gasteiger partial charge on any atom is -0.367 e. The second-order valence-corrected chi connectivity index (χ2v) is 6.66. The lowest BCUT2D eigenvalue weighted by Crippen LogP contribution is -2.45. The summed E-state index contributed by atoms with van der Waals surface area (Å²) in [5.74, 6) is 2.11. The molecule has 1 saturated heterocycles. The minimum absolute atomic E-state index is 0.0886. The van der Waals surface area contributed by atoms with E-state index in [1.54, 1.807) is 0 Å². The summed E-state index contributed by atoms with van der Waals surface area (Å²) in [6, 6.07) is 7.94. The van der Waals surface area contributed by atoms with Gasteiger partial charge in [0.15, 0.2) is 0 Å². The Morgan fingerprint density at radius 1 is 1.31 bits per heavy atom. The highest BCUT2D eigenvalue weighted by Gasteiger charge is 2.24. The van der Waals surface area contributed by atoms with Gasteiger partial charge in [0.1, 0.15) is 11.6 Å². The van der Waals surface area contributed by atoms with E-state index in [1.807, 2.05) is 29.2 Å². The molecule has 1 aliphatic heterocycles. The van der Waals surface area contributed by atoms with Crippen molar-refractivity contribution in [1.29, 1.82) is 0 Å². The standard InChI is InChI=1S/C17H22N8O/c18-16-22-15(23-24-16)9-19-17(26)25-7-3-4-11(10-25)8-14-20-12-5-1-2-6-13(12)21-14/h1-2,5-6,11H,3-4,7-10H2,(H,19,26)(H,20,21)(H3,18,22,23,24). The van der Waals surface area contributed by atoms with E-state index < -0.39 is 0 Å². The van der Waals surface area contributed by atoms with Crippen LogP contribution in [0.2, 0.25) is 0 Å². The maximum absolute atomic E-state index is 12.4. The van der Waals surface area contributed by atoms with E-state index >= 15 is 0 Å². The Balaban J connectivity index is 1.33. The van der Waals surface area contributed by atoms with Gasteiger partial charge in [-0.25, -0.2) is 9.78 Å². The van der Waals surface area contributed by atoms with Gasteiger partial charge in [-0.3, -0.25) is 5.10 Å². The van der Waals surface area contributed by atoms with E-state index in [0.717, 1.165) is 49.2 Å². The molecule has 2 aromatic heterocycles. The number of benzene rings is 1. The molecule has 4 rings (SSSR count). The van der Waals surface area contributed by atoms with Crippen molar-refractivity contribution in [3.05, 3.63) is 35.9 Å². The number of fused-ring (bicyclic) bond motifs is 1. The Kier molecular flexibility index (Phi) is 4.42. The average Bonchev–Trinajstić information content (AvgIpc) is 3.25. The summed E-state index contributed by atoms with van der Waals surface area (Å²) < 4.78 is 0. The normalized spacial score (nSPS) is 17.5. The number of nitrogens with two attached hydrogens (primary N) is 1. The van der Waals surface area contributed by atoms with Crippen molar-refractivity contribution in [1.82, 2.24) is 35.4 Å². The van der Waals surface area contributed by atoms with Gasteiger partial charge >= 0.3 is 6.03 Å². The first kappa shape index (κ1) is 16.4. The van der Waals surface area contributed by atoms with Crippen molar-refractivity contribution < 1.29 is 4.79 Å². The van der Waals surface area contributed by atoms with Crippen molar-refractivity contribution >= 4 is 23.0 Å². The van der Waals surface area contributed by atoms with Crippen LogP contribution in [0.4, 0.5) is 10.7 Å². The molecule has 0 aliphatic carbocycles. The monoisotopic (exact) mass is 354 g/mol. The Hall–Kier alpha value is -3.10. The highest BCUT2D eigenvalue weighted by molar-refractivity contribution is 5.75. The predicted molar refractivity (Wildman–Crippen MR) is 97.1 cm³/mol. The first-order chi connectivity index (χ1) is 12.7. The van der Waals surface area contributed by atoms with Crippen molar-refractivity contribution in [3.8, 4) is 0 Å². The van der Waals surface area contributed by atoms with Crippen LogP contribution in [0.25, 0.3) is 11.0 Å². The van der Waals surface area contributed by atoms with Gasteiger partial charge in [0, 0.05) is 19.5 Å². The number of piperidine rings is 1. The Labute approximate surface area is 150 Å². The molecule has 0 radical (unpaired) electrons. The number of urea groups is 1. The largest absolute Gasteiger partial charge is 0.367 e. The van der Waals surface area contributed by atoms with Crippen LogP contribution < -0.4 is 11.1 Å². The van der Waals surface area contributed by atoms with Gasteiger partial charge in [0.25, 0.3) is 0 Å². The summed E-state index contributed by atoms with van der Waals surface area (Å²) in [4.78, 5) is 26.3. The number of nitrogens with zero attached hydrogens (tertiary/aromatic N) is 4. The van der Waals surface area contributed by atoms with Crippen LogP contribution in [0.3, 0.4) is 0 Å². The summed E-state index contributed by atoms with van der Waals surface area (Å²) in [6.07, 6.45) is 2.93. The number of nitrogen functional groups attached to an aromatic ring is 1. The molecule has 2 amide bonds. The van der Waals surface area contributed by atoms with Gasteiger partial charge in [-0.15, -0.1) is 5.10 Å². The highest BCUT2D eigenvalue weighted by Crippen LogP contribution is 2.21. The van der Waals surface area contributed by atoms with Crippen LogP contribution >= 0.6 is 0 Å². The van der Waals surface area contributed by atoms with Crippen molar-refractivity contribution in [2.24, 2.45) is 5.92 Å². The zero-order valence-electron chi connectivity index (χ0n) is 14.4. The van der Waals surface area contributed by atoms with Crippen LogP contribution in [0.5, 0.6) is 0 Å². The van der Waals surface area contributed by atoms with Gasteiger partial charge in [-0.1, -0.05) is 12.1 Å². The third-order valence-electron chi connectivity index (χ3n) is 4.68. The van der Waals surface area contributed by atoms with Gasteiger partial charge in [-0.05, 0) is 30.9 Å². The highest BCUT2D eigenvalue weighted by atomic mass is 16.2. The van der Waals surface area contributed by atoms with Crippen LogP contribution in [0, 0.1) is 5.92 Å². The van der Waals surface area contributed by atoms with E-state index in [1.165, 1.54) is 0 Å². The number of amides is 2. The summed E-state index contributed by atoms with van der Waals surface area (Å²) in [6.45, 7) is 1.77. The minimum atomic E-state index is -0.0886. The van der Waals surface area contributed by atoms with Gasteiger partial charge in [0.2, 0.25) is 5.95 Å². The van der Waals surface area contributed by atoms with E-state index in [-0.39, 0.29) is 18.5 Å². The summed E-state index contributed by atoms with van der Waals surface area (Å²) in [7, 11) is 0. The lowest BCUT2D eigenvalue weighted by molar-refractivity contribution is 0.164. The van der Waals surface area contributed by atoms with Crippen LogP contribution in [0.15, 0.2) is 24.3 Å². The Bertz CT molecular complexity index is 868. The zero-order chi connectivity index (χ0) is 17.9. The van der Waals surface area contributed by atoms with Crippen LogP contribution in [0.1, 0.15) is 24.5 Å². The molecule has 1 atom stereocenters. The van der Waals surface area contributed by atoms with E-state index in [9.17, 15) is 4.79 Å². The third-order valence-corrected chi connectivity index (χ3v) is 4.68. The SMILES string of the molecule is Nc1n[nH]c(CNC(=O)N2CCCC(Cc3nc4ccccc4[nH]3)C2)n1. The number of carbonyl (C=O) groups excluding carboxylic acids is 1. The lowest BCUT2D eigenvalue weighted by Gasteiger charge is -2.32. The molecule has 1 unspecified atom stereocenters. The number of hydrogen-bond acceptors (Lipinski definition) is 5. The number of carbonyl (C=O) groups is 1. The number of likely N-dealkylation sites (tertiary alicyclic amines) is 1. The molecule has 1 fully saturated rings. The number of para-hydroxylation sites is 2. The molecule has 9 heteroatoms. The molecule has 136 valence electrons. The topological polar surface area (TPSA) is 129 Å². The maximum Gasteiger partial charge on any atom is 0.317 e. The van der Waals surface area contributed by atoms with Crippen LogP contribution in [-0.4, -0.2) is 49.2 Å². The lowest BCUT2D eigenvalue weighted by atomic mass is 9.95. The molecule has 0 saturated carbocycles. The fourth-order valence-electron chi connectivity index (χ4n) is 3.45.